The number of rotatable bonds is 3. The molecule has 1 nitrogen and oxygen atoms in total. The normalized spacial score (nSPS) is 20.0. The van der Waals surface area contributed by atoms with Crippen LogP contribution >= 0.6 is 0 Å². The molecule has 1 fully saturated rings. The summed E-state index contributed by atoms with van der Waals surface area (Å²) >= 11 is 0. The average molecular weight is 340 g/mol. The van der Waals surface area contributed by atoms with E-state index >= 15 is 0 Å². The highest BCUT2D eigenvalue weighted by Crippen LogP contribution is 2.35. The van der Waals surface area contributed by atoms with Crippen LogP contribution in [-0.2, 0) is 0 Å². The van der Waals surface area contributed by atoms with E-state index < -0.39 is 6.61 Å². The lowest BCUT2D eigenvalue weighted by atomic mass is 9.79. The summed E-state index contributed by atoms with van der Waals surface area (Å²) in [6, 6.07) is 14.9. The summed E-state index contributed by atoms with van der Waals surface area (Å²) in [5, 5.41) is 0. The van der Waals surface area contributed by atoms with Crippen molar-refractivity contribution in [2.24, 2.45) is 5.92 Å². The van der Waals surface area contributed by atoms with Gasteiger partial charge in [-0.1, -0.05) is 43.7 Å². The van der Waals surface area contributed by atoms with Gasteiger partial charge in [0.2, 0.25) is 0 Å². The minimum Gasteiger partial charge on any atom is -0.435 e. The molecule has 0 bridgehead atoms. The molecule has 2 aromatic rings. The Bertz CT molecular complexity index is 730. The quantitative estimate of drug-likeness (QED) is 0.624. The zero-order chi connectivity index (χ0) is 17.6. The van der Waals surface area contributed by atoms with E-state index in [4.69, 9.17) is 0 Å². The van der Waals surface area contributed by atoms with E-state index in [1.165, 1.54) is 43.4 Å². The fourth-order valence-electron chi connectivity index (χ4n) is 3.30. The van der Waals surface area contributed by atoms with Crippen molar-refractivity contribution in [1.82, 2.24) is 0 Å². The Hall–Kier alpha value is -2.34. The molecule has 0 aliphatic heterocycles. The van der Waals surface area contributed by atoms with Gasteiger partial charge in [0, 0.05) is 11.1 Å². The molecule has 1 aliphatic rings. The third-order valence-corrected chi connectivity index (χ3v) is 4.83. The molecule has 0 saturated heterocycles. The maximum Gasteiger partial charge on any atom is 0.387 e. The Morgan fingerprint density at radius 2 is 1.36 bits per heavy atom. The van der Waals surface area contributed by atoms with E-state index in [-0.39, 0.29) is 5.75 Å². The van der Waals surface area contributed by atoms with E-state index in [9.17, 15) is 8.78 Å². The standard InChI is InChI=1S/C22H22F2O/c1-16-2-10-19(11-3-16)20-12-6-17(7-13-20)4-5-18-8-14-21(15-9-18)25-22(23)24/h6-9,12-16,19,22H,2-3,10-11H2,1H3. The first-order valence-electron chi connectivity index (χ1n) is 8.77. The van der Waals surface area contributed by atoms with Crippen molar-refractivity contribution in [3.8, 4) is 17.6 Å². The average Bonchev–Trinajstić information content (AvgIpc) is 2.62. The molecule has 0 radical (unpaired) electrons. The fraction of sp³-hybridized carbons (Fsp3) is 0.364. The first kappa shape index (κ1) is 17.5. The minimum absolute atomic E-state index is 0.145. The smallest absolute Gasteiger partial charge is 0.387 e. The molecule has 0 N–H and O–H groups in total. The topological polar surface area (TPSA) is 9.23 Å². The molecule has 0 amide bonds. The number of hydrogen-bond acceptors (Lipinski definition) is 1. The Labute approximate surface area is 148 Å². The summed E-state index contributed by atoms with van der Waals surface area (Å²) in [7, 11) is 0. The lowest BCUT2D eigenvalue weighted by Gasteiger charge is -2.26. The molecule has 130 valence electrons. The first-order valence-corrected chi connectivity index (χ1v) is 8.77. The molecule has 25 heavy (non-hydrogen) atoms. The summed E-state index contributed by atoms with van der Waals surface area (Å²) in [5.41, 5.74) is 3.14. The van der Waals surface area contributed by atoms with Crippen molar-refractivity contribution in [1.29, 1.82) is 0 Å². The Kier molecular flexibility index (Phi) is 5.71. The molecular weight excluding hydrogens is 318 g/mol. The van der Waals surface area contributed by atoms with Crippen LogP contribution in [0.25, 0.3) is 0 Å². The maximum atomic E-state index is 12.1. The Balaban J connectivity index is 1.63. The molecule has 0 heterocycles. The van der Waals surface area contributed by atoms with Crippen LogP contribution in [0.4, 0.5) is 8.78 Å². The van der Waals surface area contributed by atoms with Crippen LogP contribution in [0.3, 0.4) is 0 Å². The van der Waals surface area contributed by atoms with Crippen molar-refractivity contribution in [2.75, 3.05) is 0 Å². The number of ether oxygens (including phenoxy) is 1. The van der Waals surface area contributed by atoms with Crippen LogP contribution in [0.2, 0.25) is 0 Å². The van der Waals surface area contributed by atoms with Gasteiger partial charge in [-0.3, -0.25) is 0 Å². The lowest BCUT2D eigenvalue weighted by molar-refractivity contribution is -0.0498. The highest BCUT2D eigenvalue weighted by Gasteiger charge is 2.19. The lowest BCUT2D eigenvalue weighted by Crippen LogP contribution is -2.10. The minimum atomic E-state index is -2.80. The van der Waals surface area contributed by atoms with Crippen LogP contribution in [0, 0.1) is 17.8 Å². The number of hydrogen-bond donors (Lipinski definition) is 0. The third kappa shape index (κ3) is 5.06. The zero-order valence-electron chi connectivity index (χ0n) is 14.3. The van der Waals surface area contributed by atoms with Gasteiger partial charge in [-0.05, 0) is 66.6 Å². The van der Waals surface area contributed by atoms with E-state index in [0.29, 0.717) is 5.92 Å². The van der Waals surface area contributed by atoms with Crippen LogP contribution < -0.4 is 4.74 Å². The summed E-state index contributed by atoms with van der Waals surface area (Å²) in [6.45, 7) is -0.469. The molecule has 0 unspecified atom stereocenters. The van der Waals surface area contributed by atoms with Gasteiger partial charge in [0.1, 0.15) is 5.75 Å². The van der Waals surface area contributed by atoms with Crippen molar-refractivity contribution in [3.05, 3.63) is 65.2 Å². The molecular formula is C22H22F2O. The monoisotopic (exact) mass is 340 g/mol. The van der Waals surface area contributed by atoms with E-state index in [0.717, 1.165) is 17.0 Å². The van der Waals surface area contributed by atoms with Gasteiger partial charge in [-0.2, -0.15) is 8.78 Å². The van der Waals surface area contributed by atoms with E-state index in [1.54, 1.807) is 12.1 Å². The highest BCUT2D eigenvalue weighted by molar-refractivity contribution is 5.45. The van der Waals surface area contributed by atoms with Crippen molar-refractivity contribution < 1.29 is 13.5 Å². The molecule has 1 saturated carbocycles. The molecule has 0 atom stereocenters. The second-order valence-corrected chi connectivity index (χ2v) is 6.73. The Morgan fingerprint density at radius 3 is 1.88 bits per heavy atom. The fourth-order valence-corrected chi connectivity index (χ4v) is 3.30. The number of halogens is 2. The maximum absolute atomic E-state index is 12.1. The van der Waals surface area contributed by atoms with E-state index in [1.807, 2.05) is 0 Å². The molecule has 3 rings (SSSR count). The van der Waals surface area contributed by atoms with Gasteiger partial charge in [-0.15, -0.1) is 0 Å². The van der Waals surface area contributed by atoms with Crippen molar-refractivity contribution in [3.63, 3.8) is 0 Å². The van der Waals surface area contributed by atoms with Gasteiger partial charge >= 0.3 is 6.61 Å². The summed E-state index contributed by atoms with van der Waals surface area (Å²) < 4.78 is 28.6. The summed E-state index contributed by atoms with van der Waals surface area (Å²) in [4.78, 5) is 0. The Morgan fingerprint density at radius 1 is 0.840 bits per heavy atom. The van der Waals surface area contributed by atoms with Gasteiger partial charge in [-0.25, -0.2) is 0 Å². The van der Waals surface area contributed by atoms with Gasteiger partial charge in [0.25, 0.3) is 0 Å². The zero-order valence-corrected chi connectivity index (χ0v) is 14.3. The van der Waals surface area contributed by atoms with Crippen molar-refractivity contribution in [2.45, 2.75) is 45.1 Å². The second-order valence-electron chi connectivity index (χ2n) is 6.73. The van der Waals surface area contributed by atoms with Crippen LogP contribution in [0.5, 0.6) is 5.75 Å². The van der Waals surface area contributed by atoms with Crippen LogP contribution in [-0.4, -0.2) is 6.61 Å². The molecule has 3 heteroatoms. The number of alkyl halides is 2. The SMILES string of the molecule is CC1CCC(c2ccc(C#Cc3ccc(OC(F)F)cc3)cc2)CC1. The summed E-state index contributed by atoms with van der Waals surface area (Å²) in [6.07, 6.45) is 5.19. The van der Waals surface area contributed by atoms with Gasteiger partial charge in [0.05, 0.1) is 0 Å². The second kappa shape index (κ2) is 8.16. The largest absolute Gasteiger partial charge is 0.435 e. The third-order valence-electron chi connectivity index (χ3n) is 4.83. The predicted octanol–water partition coefficient (Wildman–Crippen LogP) is 5.98. The molecule has 0 aromatic heterocycles. The molecule has 2 aromatic carbocycles. The van der Waals surface area contributed by atoms with Gasteiger partial charge < -0.3 is 4.74 Å². The van der Waals surface area contributed by atoms with Crippen molar-refractivity contribution >= 4 is 0 Å². The summed E-state index contributed by atoms with van der Waals surface area (Å²) in [5.74, 6) is 7.86. The van der Waals surface area contributed by atoms with E-state index in [2.05, 4.69) is 47.8 Å². The molecule has 1 aliphatic carbocycles. The van der Waals surface area contributed by atoms with Crippen LogP contribution in [0.15, 0.2) is 48.5 Å². The predicted molar refractivity (Wildman–Crippen MR) is 95.9 cm³/mol. The van der Waals surface area contributed by atoms with Crippen LogP contribution in [0.1, 0.15) is 55.2 Å². The number of benzene rings is 2. The first-order chi connectivity index (χ1) is 12.1. The van der Waals surface area contributed by atoms with Gasteiger partial charge in [0.15, 0.2) is 0 Å². The highest BCUT2D eigenvalue weighted by atomic mass is 19.3. The molecule has 0 spiro atoms.